The van der Waals surface area contributed by atoms with E-state index in [2.05, 4.69) is 21.2 Å². The lowest BCUT2D eigenvalue weighted by Crippen LogP contribution is -2.32. The van der Waals surface area contributed by atoms with Crippen LogP contribution in [0.25, 0.3) is 0 Å². The molecular formula is C14H18BrNO3. The van der Waals surface area contributed by atoms with Crippen LogP contribution in [0.5, 0.6) is 5.75 Å². The predicted octanol–water partition coefficient (Wildman–Crippen LogP) is 2.35. The van der Waals surface area contributed by atoms with Crippen LogP contribution < -0.4 is 10.1 Å². The number of ether oxygens (including phenoxy) is 1. The fourth-order valence-electron chi connectivity index (χ4n) is 2.38. The van der Waals surface area contributed by atoms with Gasteiger partial charge in [-0.05, 0) is 47.0 Å². The summed E-state index contributed by atoms with van der Waals surface area (Å²) in [7, 11) is 1.57. The summed E-state index contributed by atoms with van der Waals surface area (Å²) in [4.78, 5) is 12.1. The van der Waals surface area contributed by atoms with Gasteiger partial charge in [0.1, 0.15) is 5.75 Å². The van der Waals surface area contributed by atoms with Gasteiger partial charge in [0, 0.05) is 16.9 Å². The Kier molecular flexibility index (Phi) is 4.82. The van der Waals surface area contributed by atoms with Crippen molar-refractivity contribution in [3.8, 4) is 5.75 Å². The zero-order chi connectivity index (χ0) is 13.8. The highest BCUT2D eigenvalue weighted by Crippen LogP contribution is 2.25. The molecule has 4 nitrogen and oxygen atoms in total. The molecule has 0 radical (unpaired) electrons. The summed E-state index contributed by atoms with van der Waals surface area (Å²) >= 11 is 3.36. The van der Waals surface area contributed by atoms with E-state index in [-0.39, 0.29) is 17.9 Å². The van der Waals surface area contributed by atoms with Crippen molar-refractivity contribution in [1.82, 2.24) is 5.32 Å². The number of carbonyl (C=O) groups excluding carboxylic acids is 1. The SMILES string of the molecule is COc1ccc(Br)c(C(=O)NCC2CCCC2O)c1. The van der Waals surface area contributed by atoms with E-state index in [1.807, 2.05) is 0 Å². The third-order valence-electron chi connectivity index (χ3n) is 3.56. The first-order valence-electron chi connectivity index (χ1n) is 6.41. The Morgan fingerprint density at radius 1 is 1.53 bits per heavy atom. The number of carbonyl (C=O) groups is 1. The molecule has 0 saturated heterocycles. The molecule has 1 amide bonds. The number of amides is 1. The van der Waals surface area contributed by atoms with Gasteiger partial charge in [-0.3, -0.25) is 4.79 Å². The molecule has 0 aromatic heterocycles. The summed E-state index contributed by atoms with van der Waals surface area (Å²) in [5.41, 5.74) is 0.548. The van der Waals surface area contributed by atoms with Gasteiger partial charge >= 0.3 is 0 Å². The van der Waals surface area contributed by atoms with Crippen molar-refractivity contribution in [2.45, 2.75) is 25.4 Å². The highest BCUT2D eigenvalue weighted by atomic mass is 79.9. The minimum atomic E-state index is -0.283. The Morgan fingerprint density at radius 2 is 2.32 bits per heavy atom. The van der Waals surface area contributed by atoms with Gasteiger partial charge in [-0.15, -0.1) is 0 Å². The first-order valence-corrected chi connectivity index (χ1v) is 7.21. The number of rotatable bonds is 4. The Bertz CT molecular complexity index is 464. The summed E-state index contributed by atoms with van der Waals surface area (Å²) < 4.78 is 5.85. The smallest absolute Gasteiger partial charge is 0.252 e. The van der Waals surface area contributed by atoms with E-state index in [1.54, 1.807) is 25.3 Å². The molecule has 0 spiro atoms. The lowest BCUT2D eigenvalue weighted by Gasteiger charge is -2.15. The lowest BCUT2D eigenvalue weighted by atomic mass is 10.1. The molecule has 1 aliphatic carbocycles. The molecule has 2 rings (SSSR count). The molecule has 0 heterocycles. The summed E-state index contributed by atoms with van der Waals surface area (Å²) in [6.07, 6.45) is 2.56. The van der Waals surface area contributed by atoms with Crippen molar-refractivity contribution in [3.63, 3.8) is 0 Å². The summed E-state index contributed by atoms with van der Waals surface area (Å²) in [6.45, 7) is 0.518. The maximum Gasteiger partial charge on any atom is 0.252 e. The topological polar surface area (TPSA) is 58.6 Å². The molecule has 1 aliphatic rings. The molecule has 19 heavy (non-hydrogen) atoms. The number of methoxy groups -OCH3 is 1. The normalized spacial score (nSPS) is 22.3. The molecule has 2 unspecified atom stereocenters. The van der Waals surface area contributed by atoms with Crippen molar-refractivity contribution in [1.29, 1.82) is 0 Å². The average Bonchev–Trinajstić information content (AvgIpc) is 2.82. The van der Waals surface area contributed by atoms with E-state index in [9.17, 15) is 9.90 Å². The second-order valence-electron chi connectivity index (χ2n) is 4.81. The van der Waals surface area contributed by atoms with Crippen molar-refractivity contribution in [3.05, 3.63) is 28.2 Å². The Hall–Kier alpha value is -1.07. The Balaban J connectivity index is 1.99. The molecule has 2 N–H and O–H groups in total. The van der Waals surface area contributed by atoms with Gasteiger partial charge in [0.25, 0.3) is 5.91 Å². The van der Waals surface area contributed by atoms with Gasteiger partial charge < -0.3 is 15.2 Å². The number of aliphatic hydroxyl groups is 1. The monoisotopic (exact) mass is 327 g/mol. The molecule has 104 valence electrons. The van der Waals surface area contributed by atoms with Crippen molar-refractivity contribution >= 4 is 21.8 Å². The van der Waals surface area contributed by atoms with Crippen LogP contribution in [0.3, 0.4) is 0 Å². The van der Waals surface area contributed by atoms with Crippen LogP contribution in [0.4, 0.5) is 0 Å². The van der Waals surface area contributed by atoms with Gasteiger partial charge in [0.2, 0.25) is 0 Å². The Labute approximate surface area is 121 Å². The van der Waals surface area contributed by atoms with Gasteiger partial charge in [-0.25, -0.2) is 0 Å². The fourth-order valence-corrected chi connectivity index (χ4v) is 2.81. The van der Waals surface area contributed by atoms with Crippen molar-refractivity contribution in [2.75, 3.05) is 13.7 Å². The molecule has 1 aromatic carbocycles. The number of hydrogen-bond donors (Lipinski definition) is 2. The summed E-state index contributed by atoms with van der Waals surface area (Å²) in [5, 5.41) is 12.6. The summed E-state index contributed by atoms with van der Waals surface area (Å²) in [6, 6.07) is 5.28. The molecule has 2 atom stereocenters. The maximum atomic E-state index is 12.1. The van der Waals surface area contributed by atoms with Crippen LogP contribution in [0.2, 0.25) is 0 Å². The number of nitrogens with one attached hydrogen (secondary N) is 1. The van der Waals surface area contributed by atoms with E-state index in [0.717, 1.165) is 23.7 Å². The van der Waals surface area contributed by atoms with Crippen LogP contribution in [0.1, 0.15) is 29.6 Å². The zero-order valence-corrected chi connectivity index (χ0v) is 12.4. The second-order valence-corrected chi connectivity index (χ2v) is 5.67. The minimum absolute atomic E-state index is 0.148. The molecule has 1 saturated carbocycles. The second kappa shape index (κ2) is 6.39. The third kappa shape index (κ3) is 3.48. The zero-order valence-electron chi connectivity index (χ0n) is 10.9. The highest BCUT2D eigenvalue weighted by molar-refractivity contribution is 9.10. The largest absolute Gasteiger partial charge is 0.497 e. The number of hydrogen-bond acceptors (Lipinski definition) is 3. The van der Waals surface area contributed by atoms with Gasteiger partial charge in [0.05, 0.1) is 18.8 Å². The van der Waals surface area contributed by atoms with Crippen LogP contribution in [0, 0.1) is 5.92 Å². The number of aliphatic hydroxyl groups excluding tert-OH is 1. The quantitative estimate of drug-likeness (QED) is 0.892. The lowest BCUT2D eigenvalue weighted by molar-refractivity contribution is 0.0915. The predicted molar refractivity (Wildman–Crippen MR) is 76.4 cm³/mol. The van der Waals surface area contributed by atoms with Gasteiger partial charge in [-0.1, -0.05) is 6.42 Å². The van der Waals surface area contributed by atoms with E-state index >= 15 is 0 Å². The molecular weight excluding hydrogens is 310 g/mol. The first-order chi connectivity index (χ1) is 9.11. The number of benzene rings is 1. The van der Waals surface area contributed by atoms with Crippen LogP contribution in [-0.4, -0.2) is 30.8 Å². The van der Waals surface area contributed by atoms with E-state index in [4.69, 9.17) is 4.74 Å². The van der Waals surface area contributed by atoms with Gasteiger partial charge in [-0.2, -0.15) is 0 Å². The third-order valence-corrected chi connectivity index (χ3v) is 4.25. The van der Waals surface area contributed by atoms with Crippen LogP contribution in [-0.2, 0) is 0 Å². The highest BCUT2D eigenvalue weighted by Gasteiger charge is 2.25. The fraction of sp³-hybridized carbons (Fsp3) is 0.500. The van der Waals surface area contributed by atoms with Crippen molar-refractivity contribution in [2.24, 2.45) is 5.92 Å². The minimum Gasteiger partial charge on any atom is -0.497 e. The van der Waals surface area contributed by atoms with E-state index in [0.29, 0.717) is 17.9 Å². The molecule has 1 aromatic rings. The van der Waals surface area contributed by atoms with Gasteiger partial charge in [0.15, 0.2) is 0 Å². The molecule has 1 fully saturated rings. The first kappa shape index (κ1) is 14.3. The van der Waals surface area contributed by atoms with Crippen LogP contribution in [0.15, 0.2) is 22.7 Å². The molecule has 0 bridgehead atoms. The molecule has 5 heteroatoms. The standard InChI is InChI=1S/C14H18BrNO3/c1-19-10-5-6-12(15)11(7-10)14(18)16-8-9-3-2-4-13(9)17/h5-7,9,13,17H,2-4,8H2,1H3,(H,16,18). The van der Waals surface area contributed by atoms with Crippen molar-refractivity contribution < 1.29 is 14.6 Å². The Morgan fingerprint density at radius 3 is 2.95 bits per heavy atom. The summed E-state index contributed by atoms with van der Waals surface area (Å²) in [5.74, 6) is 0.674. The van der Waals surface area contributed by atoms with Crippen LogP contribution >= 0.6 is 15.9 Å². The maximum absolute atomic E-state index is 12.1. The average molecular weight is 328 g/mol. The van der Waals surface area contributed by atoms with E-state index in [1.165, 1.54) is 0 Å². The molecule has 0 aliphatic heterocycles. The number of halogens is 1. The van der Waals surface area contributed by atoms with E-state index < -0.39 is 0 Å².